The fourth-order valence-corrected chi connectivity index (χ4v) is 5.94. The molecular weight excluding hydrogens is 332 g/mol. The molecule has 1 saturated carbocycles. The molecule has 4 atom stereocenters. The van der Waals surface area contributed by atoms with Gasteiger partial charge in [-0.15, -0.1) is 0 Å². The van der Waals surface area contributed by atoms with Gasteiger partial charge in [-0.25, -0.2) is 0 Å². The topological polar surface area (TPSA) is 76.0 Å². The highest BCUT2D eigenvalue weighted by atomic mass is 16.6. The number of esters is 1. The summed E-state index contributed by atoms with van der Waals surface area (Å²) >= 11 is 0. The second-order valence-corrected chi connectivity index (χ2v) is 9.10. The summed E-state index contributed by atoms with van der Waals surface area (Å²) in [5, 5.41) is 21.7. The molecule has 0 aromatic heterocycles. The molecule has 1 saturated heterocycles. The number of benzene rings is 1. The van der Waals surface area contributed by atoms with E-state index in [-0.39, 0.29) is 40.8 Å². The third-order valence-electron chi connectivity index (χ3n) is 6.96. The van der Waals surface area contributed by atoms with Crippen molar-refractivity contribution in [1.29, 1.82) is 0 Å². The lowest BCUT2D eigenvalue weighted by Crippen LogP contribution is -2.54. The molecule has 1 aliphatic heterocycles. The molecule has 1 aromatic carbocycles. The number of carbonyl (C=O) groups excluding carboxylic acids is 1. The summed E-state index contributed by atoms with van der Waals surface area (Å²) in [5.41, 5.74) is 0.968. The van der Waals surface area contributed by atoms with Gasteiger partial charge in [0.05, 0.1) is 0 Å². The van der Waals surface area contributed by atoms with Crippen molar-refractivity contribution in [2.24, 2.45) is 11.3 Å². The van der Waals surface area contributed by atoms with Crippen molar-refractivity contribution in [2.75, 3.05) is 7.11 Å². The van der Waals surface area contributed by atoms with Gasteiger partial charge in [0.2, 0.25) is 0 Å². The molecule has 2 aliphatic carbocycles. The van der Waals surface area contributed by atoms with E-state index in [1.54, 1.807) is 7.11 Å². The van der Waals surface area contributed by atoms with E-state index >= 15 is 0 Å². The lowest BCUT2D eigenvalue weighted by atomic mass is 9.49. The molecule has 0 radical (unpaired) electrons. The highest BCUT2D eigenvalue weighted by Gasteiger charge is 2.70. The zero-order valence-electron chi connectivity index (χ0n) is 16.1. The molecule has 3 aliphatic rings. The van der Waals surface area contributed by atoms with Crippen LogP contribution >= 0.6 is 0 Å². The van der Waals surface area contributed by atoms with Crippen LogP contribution in [0, 0.1) is 11.3 Å². The van der Waals surface area contributed by atoms with Crippen LogP contribution in [-0.2, 0) is 19.7 Å². The van der Waals surface area contributed by atoms with Crippen LogP contribution < -0.4 is 0 Å². The second-order valence-electron chi connectivity index (χ2n) is 9.10. The van der Waals surface area contributed by atoms with Crippen LogP contribution in [0.15, 0.2) is 6.07 Å². The Balaban J connectivity index is 2.08. The van der Waals surface area contributed by atoms with Crippen LogP contribution in [0.2, 0.25) is 0 Å². The lowest BCUT2D eigenvalue weighted by molar-refractivity contribution is -0.149. The first kappa shape index (κ1) is 17.7. The third-order valence-corrected chi connectivity index (χ3v) is 6.96. The Bertz CT molecular complexity index is 781. The van der Waals surface area contributed by atoms with Crippen molar-refractivity contribution < 1.29 is 24.5 Å². The first-order valence-electron chi connectivity index (χ1n) is 9.50. The summed E-state index contributed by atoms with van der Waals surface area (Å²) in [5.74, 6) is -0.621. The van der Waals surface area contributed by atoms with Gasteiger partial charge in [0.15, 0.2) is 11.5 Å². The van der Waals surface area contributed by atoms with Crippen LogP contribution in [0.5, 0.6) is 11.5 Å². The SMILES string of the molecule is CO[C@@H]1c2cc(C(C)C)c(O)c(O)c2[C@]23CCCC(C)(C)C2[C@H]1OC3=O. The highest BCUT2D eigenvalue weighted by molar-refractivity contribution is 5.90. The molecule has 4 rings (SSSR count). The zero-order chi connectivity index (χ0) is 19.0. The average molecular weight is 360 g/mol. The van der Waals surface area contributed by atoms with Crippen LogP contribution in [0.3, 0.4) is 0 Å². The minimum Gasteiger partial charge on any atom is -0.504 e. The average Bonchev–Trinajstić information content (AvgIpc) is 2.81. The molecule has 0 amide bonds. The third kappa shape index (κ3) is 1.92. The van der Waals surface area contributed by atoms with E-state index in [1.807, 2.05) is 19.9 Å². The Kier molecular flexibility index (Phi) is 3.65. The molecular formula is C21H28O5. The monoisotopic (exact) mass is 360 g/mol. The van der Waals surface area contributed by atoms with Crippen LogP contribution in [-0.4, -0.2) is 29.4 Å². The summed E-state index contributed by atoms with van der Waals surface area (Å²) in [4.78, 5) is 13.1. The molecule has 2 fully saturated rings. The summed E-state index contributed by atoms with van der Waals surface area (Å²) in [7, 11) is 1.61. The maximum absolute atomic E-state index is 13.1. The van der Waals surface area contributed by atoms with Gasteiger partial charge in [0, 0.05) is 24.2 Å². The highest BCUT2D eigenvalue weighted by Crippen LogP contribution is 2.67. The van der Waals surface area contributed by atoms with Gasteiger partial charge in [-0.1, -0.05) is 34.1 Å². The number of hydrogen-bond donors (Lipinski definition) is 2. The van der Waals surface area contributed by atoms with E-state index in [2.05, 4.69) is 13.8 Å². The number of rotatable bonds is 2. The van der Waals surface area contributed by atoms with Crippen LogP contribution in [0.25, 0.3) is 0 Å². The van der Waals surface area contributed by atoms with Crippen molar-refractivity contribution >= 4 is 5.97 Å². The normalized spacial score (nSPS) is 34.4. The van der Waals surface area contributed by atoms with E-state index in [9.17, 15) is 15.0 Å². The summed E-state index contributed by atoms with van der Waals surface area (Å²) in [6.45, 7) is 8.26. The molecule has 1 unspecified atom stereocenters. The van der Waals surface area contributed by atoms with Gasteiger partial charge in [0.1, 0.15) is 17.6 Å². The number of ether oxygens (including phenoxy) is 2. The molecule has 1 aromatic rings. The standard InChI is InChI=1S/C21H28O5/c1-10(2)11-9-12-13(15(23)14(11)22)21-8-6-7-20(3,4)18(21)17(16(12)25-5)26-19(21)24/h9-10,16-18,22-23H,6-8H2,1-5H3/t16-,17+,18?,21-/m1/s1. The van der Waals surface area contributed by atoms with Gasteiger partial charge < -0.3 is 19.7 Å². The Hall–Kier alpha value is -1.75. The largest absolute Gasteiger partial charge is 0.504 e. The van der Waals surface area contributed by atoms with E-state index in [1.165, 1.54) is 0 Å². The molecule has 2 bridgehead atoms. The zero-order valence-corrected chi connectivity index (χ0v) is 16.1. The van der Waals surface area contributed by atoms with E-state index in [4.69, 9.17) is 9.47 Å². The van der Waals surface area contributed by atoms with E-state index in [0.717, 1.165) is 18.4 Å². The van der Waals surface area contributed by atoms with Gasteiger partial charge in [-0.05, 0) is 35.8 Å². The van der Waals surface area contributed by atoms with Crippen molar-refractivity contribution in [3.05, 3.63) is 22.8 Å². The first-order valence-corrected chi connectivity index (χ1v) is 9.50. The predicted molar refractivity (Wildman–Crippen MR) is 96.3 cm³/mol. The number of hydrogen-bond acceptors (Lipinski definition) is 5. The number of aromatic hydroxyl groups is 2. The smallest absolute Gasteiger partial charge is 0.317 e. The number of methoxy groups -OCH3 is 1. The van der Waals surface area contributed by atoms with Gasteiger partial charge in [0.25, 0.3) is 0 Å². The Labute approximate surface area is 154 Å². The summed E-state index contributed by atoms with van der Waals surface area (Å²) in [6.07, 6.45) is 1.72. The van der Waals surface area contributed by atoms with Gasteiger partial charge in [-0.2, -0.15) is 0 Å². The number of carbonyl (C=O) groups is 1. The Morgan fingerprint density at radius 1 is 1.23 bits per heavy atom. The van der Waals surface area contributed by atoms with E-state index in [0.29, 0.717) is 17.5 Å². The number of fused-ring (bicyclic) bond motifs is 1. The Morgan fingerprint density at radius 3 is 2.54 bits per heavy atom. The van der Waals surface area contributed by atoms with Crippen molar-refractivity contribution in [3.63, 3.8) is 0 Å². The number of phenols is 2. The van der Waals surface area contributed by atoms with Crippen LogP contribution in [0.1, 0.15) is 75.7 Å². The fourth-order valence-electron chi connectivity index (χ4n) is 5.94. The molecule has 5 heteroatoms. The first-order chi connectivity index (χ1) is 12.2. The molecule has 1 heterocycles. The van der Waals surface area contributed by atoms with Gasteiger partial charge in [-0.3, -0.25) is 4.79 Å². The fraction of sp³-hybridized carbons (Fsp3) is 0.667. The molecule has 0 spiro atoms. The number of phenolic OH excluding ortho intramolecular Hbond substituents is 2. The van der Waals surface area contributed by atoms with Crippen molar-refractivity contribution in [2.45, 2.75) is 70.5 Å². The quantitative estimate of drug-likeness (QED) is 0.618. The van der Waals surface area contributed by atoms with Crippen molar-refractivity contribution in [1.82, 2.24) is 0 Å². The Morgan fingerprint density at radius 2 is 1.92 bits per heavy atom. The van der Waals surface area contributed by atoms with Gasteiger partial charge >= 0.3 is 5.97 Å². The molecule has 26 heavy (non-hydrogen) atoms. The minimum absolute atomic E-state index is 0.0380. The molecule has 142 valence electrons. The summed E-state index contributed by atoms with van der Waals surface area (Å²) < 4.78 is 11.7. The van der Waals surface area contributed by atoms with E-state index < -0.39 is 11.5 Å². The summed E-state index contributed by atoms with van der Waals surface area (Å²) in [6, 6.07) is 1.90. The maximum atomic E-state index is 13.1. The molecule has 2 N–H and O–H groups in total. The van der Waals surface area contributed by atoms with Crippen molar-refractivity contribution in [3.8, 4) is 11.5 Å². The molecule has 5 nitrogen and oxygen atoms in total. The minimum atomic E-state index is -0.895. The lowest BCUT2D eigenvalue weighted by Gasteiger charge is -2.52. The second kappa shape index (κ2) is 5.38. The maximum Gasteiger partial charge on any atom is 0.317 e. The van der Waals surface area contributed by atoms with Crippen LogP contribution in [0.4, 0.5) is 0 Å². The predicted octanol–water partition coefficient (Wildman–Crippen LogP) is 3.91.